The molecule has 0 bridgehead atoms. The van der Waals surface area contributed by atoms with E-state index in [0.717, 1.165) is 5.56 Å². The highest BCUT2D eigenvalue weighted by Crippen LogP contribution is 2.25. The second kappa shape index (κ2) is 6.88. The molecule has 1 aliphatic rings. The lowest BCUT2D eigenvalue weighted by Crippen LogP contribution is -2.40. The van der Waals surface area contributed by atoms with Crippen LogP contribution in [0.5, 0.6) is 11.6 Å². The normalized spacial score (nSPS) is 19.4. The highest BCUT2D eigenvalue weighted by molar-refractivity contribution is 5.92. The second-order valence-corrected chi connectivity index (χ2v) is 6.26. The molecule has 1 fully saturated rings. The molecule has 2 amide bonds. The number of ether oxygens (including phenoxy) is 1. The van der Waals surface area contributed by atoms with Crippen molar-refractivity contribution in [3.8, 4) is 11.6 Å². The van der Waals surface area contributed by atoms with Crippen LogP contribution in [0.4, 0.5) is 4.39 Å². The van der Waals surface area contributed by atoms with Gasteiger partial charge in [-0.15, -0.1) is 0 Å². The van der Waals surface area contributed by atoms with E-state index < -0.39 is 5.41 Å². The Morgan fingerprint density at radius 3 is 2.68 bits per heavy atom. The van der Waals surface area contributed by atoms with Crippen LogP contribution in [0, 0.1) is 11.2 Å². The molecule has 1 aromatic carbocycles. The first-order chi connectivity index (χ1) is 11.9. The number of hydrogen-bond acceptors (Lipinski definition) is 4. The lowest BCUT2D eigenvalue weighted by molar-refractivity contribution is -0.131. The number of hydrogen-bond donors (Lipinski definition) is 2. The summed E-state index contributed by atoms with van der Waals surface area (Å²) in [5.41, 5.74) is 0.0940. The van der Waals surface area contributed by atoms with E-state index in [2.05, 4.69) is 15.6 Å². The quantitative estimate of drug-likeness (QED) is 0.872. The Morgan fingerprint density at radius 2 is 2.08 bits per heavy atom. The van der Waals surface area contributed by atoms with Crippen molar-refractivity contribution in [1.29, 1.82) is 0 Å². The van der Waals surface area contributed by atoms with Gasteiger partial charge in [0.25, 0.3) is 0 Å². The summed E-state index contributed by atoms with van der Waals surface area (Å²) in [5, 5.41) is 5.49. The fourth-order valence-electron chi connectivity index (χ4n) is 2.53. The molecule has 0 aliphatic carbocycles. The molecule has 25 heavy (non-hydrogen) atoms. The number of nitrogens with zero attached hydrogens (tertiary/aromatic N) is 1. The summed E-state index contributed by atoms with van der Waals surface area (Å²) in [6, 6.07) is 9.11. The topological polar surface area (TPSA) is 80.3 Å². The Morgan fingerprint density at radius 1 is 1.32 bits per heavy atom. The van der Waals surface area contributed by atoms with Crippen LogP contribution in [0.2, 0.25) is 0 Å². The van der Waals surface area contributed by atoms with Crippen LogP contribution in [0.15, 0.2) is 42.6 Å². The Bertz CT molecular complexity index is 777. The minimum atomic E-state index is -0.712. The van der Waals surface area contributed by atoms with E-state index in [9.17, 15) is 14.0 Å². The molecule has 7 heteroatoms. The van der Waals surface area contributed by atoms with Crippen LogP contribution >= 0.6 is 0 Å². The predicted molar refractivity (Wildman–Crippen MR) is 88.3 cm³/mol. The van der Waals surface area contributed by atoms with Crippen LogP contribution in [0.25, 0.3) is 0 Å². The van der Waals surface area contributed by atoms with Gasteiger partial charge >= 0.3 is 0 Å². The number of carbonyl (C=O) groups is 2. The van der Waals surface area contributed by atoms with E-state index in [0.29, 0.717) is 24.7 Å². The number of aromatic nitrogens is 1. The van der Waals surface area contributed by atoms with Gasteiger partial charge in [0, 0.05) is 31.8 Å². The van der Waals surface area contributed by atoms with E-state index >= 15 is 0 Å². The molecule has 2 aromatic rings. The number of rotatable bonds is 5. The van der Waals surface area contributed by atoms with Crippen molar-refractivity contribution in [2.24, 2.45) is 5.41 Å². The summed E-state index contributed by atoms with van der Waals surface area (Å²) >= 11 is 0. The van der Waals surface area contributed by atoms with Crippen molar-refractivity contribution >= 4 is 11.8 Å². The number of nitrogens with one attached hydrogen (secondary N) is 2. The fraction of sp³-hybridized carbons (Fsp3) is 0.278. The highest BCUT2D eigenvalue weighted by Gasteiger charge is 2.40. The number of benzene rings is 1. The summed E-state index contributed by atoms with van der Waals surface area (Å²) in [4.78, 5) is 27.7. The molecule has 0 unspecified atom stereocenters. The fourth-order valence-corrected chi connectivity index (χ4v) is 2.53. The number of pyridine rings is 1. The van der Waals surface area contributed by atoms with Gasteiger partial charge in [0.2, 0.25) is 17.7 Å². The van der Waals surface area contributed by atoms with Gasteiger partial charge < -0.3 is 15.4 Å². The van der Waals surface area contributed by atoms with Crippen molar-refractivity contribution in [2.75, 3.05) is 6.54 Å². The number of halogens is 1. The smallest absolute Gasteiger partial charge is 0.228 e. The van der Waals surface area contributed by atoms with Gasteiger partial charge in [-0.2, -0.15) is 0 Å². The Labute approximate surface area is 144 Å². The first kappa shape index (κ1) is 16.9. The molecule has 1 aliphatic heterocycles. The van der Waals surface area contributed by atoms with Gasteiger partial charge in [-0.05, 0) is 36.8 Å². The van der Waals surface area contributed by atoms with Crippen LogP contribution in [0.3, 0.4) is 0 Å². The first-order valence-electron chi connectivity index (χ1n) is 7.88. The van der Waals surface area contributed by atoms with E-state index in [1.54, 1.807) is 25.3 Å². The largest absolute Gasteiger partial charge is 0.439 e. The van der Waals surface area contributed by atoms with Gasteiger partial charge in [-0.3, -0.25) is 9.59 Å². The van der Waals surface area contributed by atoms with Crippen LogP contribution in [-0.4, -0.2) is 23.3 Å². The van der Waals surface area contributed by atoms with Gasteiger partial charge in [0.15, 0.2) is 0 Å². The molecule has 1 aromatic heterocycles. The van der Waals surface area contributed by atoms with Crippen molar-refractivity contribution in [1.82, 2.24) is 15.6 Å². The second-order valence-electron chi connectivity index (χ2n) is 6.26. The zero-order chi connectivity index (χ0) is 17.9. The number of carbonyl (C=O) groups excluding carboxylic acids is 2. The molecular formula is C18H18FN3O3. The average molecular weight is 343 g/mol. The molecule has 130 valence electrons. The molecule has 6 nitrogen and oxygen atoms in total. The third-order valence-electron chi connectivity index (χ3n) is 4.06. The predicted octanol–water partition coefficient (Wildman–Crippen LogP) is 2.16. The number of amides is 2. The Hall–Kier alpha value is -2.96. The highest BCUT2D eigenvalue weighted by atomic mass is 19.1. The Balaban J connectivity index is 1.55. The summed E-state index contributed by atoms with van der Waals surface area (Å²) < 4.78 is 18.4. The van der Waals surface area contributed by atoms with E-state index in [-0.39, 0.29) is 24.1 Å². The van der Waals surface area contributed by atoms with E-state index in [1.165, 1.54) is 24.3 Å². The molecule has 2 heterocycles. The minimum Gasteiger partial charge on any atom is -0.439 e. The third kappa shape index (κ3) is 4.12. The maximum absolute atomic E-state index is 12.9. The molecule has 2 N–H and O–H groups in total. The molecule has 3 rings (SSSR count). The van der Waals surface area contributed by atoms with Crippen molar-refractivity contribution in [3.05, 3.63) is 54.0 Å². The van der Waals surface area contributed by atoms with Crippen LogP contribution < -0.4 is 15.4 Å². The average Bonchev–Trinajstić information content (AvgIpc) is 2.96. The summed E-state index contributed by atoms with van der Waals surface area (Å²) in [6.07, 6.45) is 1.79. The Kier molecular flexibility index (Phi) is 4.65. The molecular weight excluding hydrogens is 325 g/mol. The molecule has 1 atom stereocenters. The van der Waals surface area contributed by atoms with Gasteiger partial charge in [0.05, 0.1) is 5.41 Å². The van der Waals surface area contributed by atoms with Gasteiger partial charge in [-0.25, -0.2) is 9.37 Å². The SMILES string of the molecule is C[C@@]1(C(=O)NCc2ccc(Oc3ccc(F)cc3)nc2)CNC(=O)C1. The van der Waals surface area contributed by atoms with Gasteiger partial charge in [-0.1, -0.05) is 6.07 Å². The maximum atomic E-state index is 12.9. The van der Waals surface area contributed by atoms with Gasteiger partial charge in [0.1, 0.15) is 11.6 Å². The zero-order valence-electron chi connectivity index (χ0n) is 13.7. The standard InChI is InChI=1S/C18H18FN3O3/c1-18(8-15(23)22-11-18)17(24)21-10-12-2-7-16(20-9-12)25-14-5-3-13(19)4-6-14/h2-7,9H,8,10-11H2,1H3,(H,21,24)(H,22,23)/t18-/m0/s1. The minimum absolute atomic E-state index is 0.110. The summed E-state index contributed by atoms with van der Waals surface area (Å²) in [5.74, 6) is 0.249. The molecule has 0 spiro atoms. The summed E-state index contributed by atoms with van der Waals surface area (Å²) in [7, 11) is 0. The van der Waals surface area contributed by atoms with E-state index in [1.807, 2.05) is 0 Å². The van der Waals surface area contributed by atoms with Crippen molar-refractivity contribution in [2.45, 2.75) is 19.9 Å². The zero-order valence-corrected chi connectivity index (χ0v) is 13.7. The molecule has 0 saturated carbocycles. The molecule has 1 saturated heterocycles. The van der Waals surface area contributed by atoms with Crippen molar-refractivity contribution in [3.63, 3.8) is 0 Å². The van der Waals surface area contributed by atoms with Crippen LogP contribution in [0.1, 0.15) is 18.9 Å². The van der Waals surface area contributed by atoms with E-state index in [4.69, 9.17) is 4.74 Å². The van der Waals surface area contributed by atoms with Crippen molar-refractivity contribution < 1.29 is 18.7 Å². The third-order valence-corrected chi connectivity index (χ3v) is 4.06. The maximum Gasteiger partial charge on any atom is 0.228 e. The summed E-state index contributed by atoms with van der Waals surface area (Å²) in [6.45, 7) is 2.42. The lowest BCUT2D eigenvalue weighted by atomic mass is 9.88. The monoisotopic (exact) mass is 343 g/mol. The first-order valence-corrected chi connectivity index (χ1v) is 7.88. The molecule has 0 radical (unpaired) electrons. The lowest BCUT2D eigenvalue weighted by Gasteiger charge is -2.20. The van der Waals surface area contributed by atoms with Crippen LogP contribution in [-0.2, 0) is 16.1 Å².